The Labute approximate surface area is 238 Å². The summed E-state index contributed by atoms with van der Waals surface area (Å²) in [6.07, 6.45) is 1.52. The Kier molecular flexibility index (Phi) is 9.23. The van der Waals surface area contributed by atoms with Crippen LogP contribution in [0, 0.1) is 5.92 Å². The van der Waals surface area contributed by atoms with Crippen LogP contribution in [0.3, 0.4) is 0 Å². The highest BCUT2D eigenvalue weighted by Crippen LogP contribution is 2.41. The van der Waals surface area contributed by atoms with Gasteiger partial charge in [-0.25, -0.2) is 0 Å². The van der Waals surface area contributed by atoms with Gasteiger partial charge in [0.1, 0.15) is 18.0 Å². The van der Waals surface area contributed by atoms with Crippen LogP contribution < -0.4 is 9.47 Å². The number of nitrogens with zero attached hydrogens (tertiary/aromatic N) is 2. The Bertz CT molecular complexity index is 1310. The molecule has 0 N–H and O–H groups in total. The van der Waals surface area contributed by atoms with Crippen molar-refractivity contribution in [3.05, 3.63) is 79.5 Å². The van der Waals surface area contributed by atoms with Crippen molar-refractivity contribution in [2.75, 3.05) is 33.9 Å². The SMILES string of the molecule is COc1ccc(C(=O)N(CCC(C)C)CC(=O)N2CCc3sccc3C2c2ccc(Cl)cc2Cl)c(OC)c1. The first-order chi connectivity index (χ1) is 18.2. The molecule has 2 aromatic carbocycles. The van der Waals surface area contributed by atoms with E-state index >= 15 is 0 Å². The van der Waals surface area contributed by atoms with Crippen LogP contribution in [0.5, 0.6) is 11.5 Å². The first-order valence-electron chi connectivity index (χ1n) is 12.6. The van der Waals surface area contributed by atoms with Crippen LogP contribution in [0.2, 0.25) is 10.0 Å². The van der Waals surface area contributed by atoms with Gasteiger partial charge in [-0.05, 0) is 65.6 Å². The molecule has 1 aliphatic heterocycles. The Morgan fingerprint density at radius 2 is 1.87 bits per heavy atom. The molecule has 1 aromatic heterocycles. The van der Waals surface area contributed by atoms with Gasteiger partial charge in [0, 0.05) is 34.1 Å². The second-order valence-electron chi connectivity index (χ2n) is 9.68. The van der Waals surface area contributed by atoms with Crippen LogP contribution in [-0.2, 0) is 11.2 Å². The van der Waals surface area contributed by atoms with Gasteiger partial charge in [0.2, 0.25) is 5.91 Å². The summed E-state index contributed by atoms with van der Waals surface area (Å²) in [5.41, 5.74) is 2.28. The summed E-state index contributed by atoms with van der Waals surface area (Å²) in [6, 6.07) is 12.2. The van der Waals surface area contributed by atoms with E-state index in [0.29, 0.717) is 46.1 Å². The predicted octanol–water partition coefficient (Wildman–Crippen LogP) is 6.73. The minimum Gasteiger partial charge on any atom is -0.497 e. The van der Waals surface area contributed by atoms with E-state index in [1.165, 1.54) is 12.0 Å². The number of methoxy groups -OCH3 is 2. The summed E-state index contributed by atoms with van der Waals surface area (Å²) in [5, 5.41) is 3.09. The third-order valence-electron chi connectivity index (χ3n) is 6.77. The summed E-state index contributed by atoms with van der Waals surface area (Å²) in [6.45, 7) is 5.12. The van der Waals surface area contributed by atoms with Crippen molar-refractivity contribution in [1.29, 1.82) is 0 Å². The lowest BCUT2D eigenvalue weighted by Crippen LogP contribution is -2.47. The largest absolute Gasteiger partial charge is 0.497 e. The summed E-state index contributed by atoms with van der Waals surface area (Å²) < 4.78 is 10.8. The number of hydrogen-bond acceptors (Lipinski definition) is 5. The zero-order valence-electron chi connectivity index (χ0n) is 22.0. The molecule has 0 saturated heterocycles. The van der Waals surface area contributed by atoms with Gasteiger partial charge in [0.05, 0.1) is 25.8 Å². The number of amides is 2. The number of benzene rings is 2. The number of ether oxygens (including phenoxy) is 2. The van der Waals surface area contributed by atoms with Crippen molar-refractivity contribution in [3.63, 3.8) is 0 Å². The van der Waals surface area contributed by atoms with Crippen LogP contribution >= 0.6 is 34.5 Å². The number of rotatable bonds is 9. The van der Waals surface area contributed by atoms with Crippen molar-refractivity contribution in [1.82, 2.24) is 9.80 Å². The van der Waals surface area contributed by atoms with Gasteiger partial charge in [-0.2, -0.15) is 0 Å². The van der Waals surface area contributed by atoms with E-state index < -0.39 is 0 Å². The first-order valence-corrected chi connectivity index (χ1v) is 14.2. The Morgan fingerprint density at radius 1 is 1.08 bits per heavy atom. The van der Waals surface area contributed by atoms with Crippen molar-refractivity contribution in [2.24, 2.45) is 5.92 Å². The molecule has 0 fully saturated rings. The number of thiophene rings is 1. The maximum absolute atomic E-state index is 14.0. The third kappa shape index (κ3) is 6.11. The maximum atomic E-state index is 14.0. The quantitative estimate of drug-likeness (QED) is 0.284. The monoisotopic (exact) mass is 574 g/mol. The number of hydrogen-bond donors (Lipinski definition) is 0. The van der Waals surface area contributed by atoms with Crippen LogP contribution in [0.1, 0.15) is 52.7 Å². The lowest BCUT2D eigenvalue weighted by Gasteiger charge is -2.38. The van der Waals surface area contributed by atoms with Crippen LogP contribution in [0.4, 0.5) is 0 Å². The van der Waals surface area contributed by atoms with E-state index in [2.05, 4.69) is 19.9 Å². The molecule has 202 valence electrons. The van der Waals surface area contributed by atoms with E-state index in [1.54, 1.807) is 53.7 Å². The normalized spacial score (nSPS) is 14.8. The van der Waals surface area contributed by atoms with Gasteiger partial charge in [-0.1, -0.05) is 43.1 Å². The third-order valence-corrected chi connectivity index (χ3v) is 8.33. The minimum absolute atomic E-state index is 0.0537. The van der Waals surface area contributed by atoms with Crippen LogP contribution in [-0.4, -0.2) is 55.5 Å². The number of fused-ring (bicyclic) bond motifs is 1. The van der Waals surface area contributed by atoms with E-state index in [0.717, 1.165) is 24.0 Å². The molecule has 1 atom stereocenters. The maximum Gasteiger partial charge on any atom is 0.258 e. The molecule has 1 aliphatic rings. The van der Waals surface area contributed by atoms with E-state index in [9.17, 15) is 9.59 Å². The molecule has 6 nitrogen and oxygen atoms in total. The van der Waals surface area contributed by atoms with Crippen molar-refractivity contribution in [2.45, 2.75) is 32.7 Å². The van der Waals surface area contributed by atoms with Gasteiger partial charge < -0.3 is 19.3 Å². The number of carbonyl (C=O) groups excluding carboxylic acids is 2. The standard InChI is InChI=1S/C29H32Cl2N2O4S/c1-18(2)9-12-32(29(35)22-8-6-20(36-3)16-25(22)37-4)17-27(34)33-13-10-26-23(11-14-38-26)28(33)21-7-5-19(30)15-24(21)31/h5-8,11,14-16,18,28H,9-10,12-13,17H2,1-4H3. The molecule has 38 heavy (non-hydrogen) atoms. The Hall–Kier alpha value is -2.74. The minimum atomic E-state index is -0.347. The molecule has 0 saturated carbocycles. The average molecular weight is 576 g/mol. The van der Waals surface area contributed by atoms with Gasteiger partial charge >= 0.3 is 0 Å². The summed E-state index contributed by atoms with van der Waals surface area (Å²) in [7, 11) is 3.08. The van der Waals surface area contributed by atoms with E-state index in [1.807, 2.05) is 16.3 Å². The second kappa shape index (κ2) is 12.4. The molecule has 0 spiro atoms. The lowest BCUT2D eigenvalue weighted by atomic mass is 9.93. The molecule has 9 heteroatoms. The molecule has 4 rings (SSSR count). The fourth-order valence-corrected chi connectivity index (χ4v) is 6.13. The highest BCUT2D eigenvalue weighted by atomic mass is 35.5. The van der Waals surface area contributed by atoms with E-state index in [-0.39, 0.29) is 24.4 Å². The second-order valence-corrected chi connectivity index (χ2v) is 11.5. The molecular formula is C29H32Cl2N2O4S. The van der Waals surface area contributed by atoms with Gasteiger partial charge in [0.25, 0.3) is 5.91 Å². The zero-order valence-corrected chi connectivity index (χ0v) is 24.3. The highest BCUT2D eigenvalue weighted by Gasteiger charge is 2.35. The summed E-state index contributed by atoms with van der Waals surface area (Å²) >= 11 is 14.5. The highest BCUT2D eigenvalue weighted by molar-refractivity contribution is 7.10. The van der Waals surface area contributed by atoms with Crippen molar-refractivity contribution >= 4 is 46.4 Å². The van der Waals surface area contributed by atoms with Gasteiger partial charge in [-0.3, -0.25) is 9.59 Å². The fraction of sp³-hybridized carbons (Fsp3) is 0.379. The van der Waals surface area contributed by atoms with Crippen molar-refractivity contribution in [3.8, 4) is 11.5 Å². The summed E-state index contributed by atoms with van der Waals surface area (Å²) in [4.78, 5) is 32.4. The van der Waals surface area contributed by atoms with E-state index in [4.69, 9.17) is 32.7 Å². The molecule has 0 bridgehead atoms. The average Bonchev–Trinajstić information content (AvgIpc) is 3.39. The van der Waals surface area contributed by atoms with Crippen LogP contribution in [0.15, 0.2) is 47.8 Å². The van der Waals surface area contributed by atoms with Gasteiger partial charge in [-0.15, -0.1) is 11.3 Å². The Balaban J connectivity index is 1.66. The Morgan fingerprint density at radius 3 is 2.55 bits per heavy atom. The first kappa shape index (κ1) is 28.3. The molecule has 1 unspecified atom stereocenters. The molecule has 0 radical (unpaired) electrons. The number of carbonyl (C=O) groups is 2. The van der Waals surface area contributed by atoms with Crippen LogP contribution in [0.25, 0.3) is 0 Å². The summed E-state index contributed by atoms with van der Waals surface area (Å²) in [5.74, 6) is 0.964. The molecule has 2 heterocycles. The smallest absolute Gasteiger partial charge is 0.258 e. The molecule has 3 aromatic rings. The molecule has 0 aliphatic carbocycles. The van der Waals surface area contributed by atoms with Gasteiger partial charge in [0.15, 0.2) is 0 Å². The molecule has 2 amide bonds. The predicted molar refractivity (Wildman–Crippen MR) is 153 cm³/mol. The fourth-order valence-electron chi connectivity index (χ4n) is 4.71. The lowest BCUT2D eigenvalue weighted by molar-refractivity contribution is -0.134. The zero-order chi connectivity index (χ0) is 27.4. The topological polar surface area (TPSA) is 59.1 Å². The molecular weight excluding hydrogens is 543 g/mol. The number of halogens is 2. The van der Waals surface area contributed by atoms with Crippen molar-refractivity contribution < 1.29 is 19.1 Å².